The van der Waals surface area contributed by atoms with E-state index in [0.717, 1.165) is 38.3 Å². The molecule has 0 N–H and O–H groups in total. The maximum atomic E-state index is 13.9. The normalized spacial score (nSPS) is 12.2. The van der Waals surface area contributed by atoms with E-state index in [1.807, 2.05) is 50.4 Å². The summed E-state index contributed by atoms with van der Waals surface area (Å²) in [6, 6.07) is 18.3. The second-order valence-corrected chi connectivity index (χ2v) is 9.88. The minimum absolute atomic E-state index is 0.209. The van der Waals surface area contributed by atoms with Crippen LogP contribution in [0.5, 0.6) is 0 Å². The van der Waals surface area contributed by atoms with Crippen LogP contribution in [0.15, 0.2) is 84.1 Å². The van der Waals surface area contributed by atoms with Crippen molar-refractivity contribution in [3.8, 4) is 11.3 Å². The molecule has 0 saturated carbocycles. The van der Waals surface area contributed by atoms with Crippen molar-refractivity contribution in [1.29, 1.82) is 0 Å². The van der Waals surface area contributed by atoms with Crippen LogP contribution in [0.2, 0.25) is 0 Å². The molecule has 33 heavy (non-hydrogen) atoms. The number of hydrogen-bond acceptors (Lipinski definition) is 5. The number of pyridine rings is 2. The number of aryl methyl sites for hydroxylation is 2. The van der Waals surface area contributed by atoms with Crippen LogP contribution in [0.25, 0.3) is 44.1 Å². The van der Waals surface area contributed by atoms with Crippen molar-refractivity contribution in [1.82, 2.24) is 23.7 Å². The van der Waals surface area contributed by atoms with Gasteiger partial charge < -0.3 is 0 Å². The SMILES string of the molecule is Cc1ccc(S(=O)(=O)n2c(-c3ccc4ncccc4c3)cc3c4c(cnc32)cnn4C)cc1. The zero-order valence-electron chi connectivity index (χ0n) is 18.0. The summed E-state index contributed by atoms with van der Waals surface area (Å²) in [5.74, 6) is 0. The summed E-state index contributed by atoms with van der Waals surface area (Å²) in [5, 5.41) is 6.84. The number of benzene rings is 2. The summed E-state index contributed by atoms with van der Waals surface area (Å²) >= 11 is 0. The summed E-state index contributed by atoms with van der Waals surface area (Å²) in [5.41, 5.74) is 4.34. The minimum Gasteiger partial charge on any atom is -0.267 e. The van der Waals surface area contributed by atoms with Crippen LogP contribution in [-0.4, -0.2) is 32.1 Å². The van der Waals surface area contributed by atoms with Gasteiger partial charge in [0.25, 0.3) is 10.0 Å². The second kappa shape index (κ2) is 6.98. The van der Waals surface area contributed by atoms with Crippen molar-refractivity contribution in [2.24, 2.45) is 7.05 Å². The zero-order chi connectivity index (χ0) is 22.7. The number of aromatic nitrogens is 5. The zero-order valence-corrected chi connectivity index (χ0v) is 18.8. The van der Waals surface area contributed by atoms with E-state index in [1.165, 1.54) is 3.97 Å². The first kappa shape index (κ1) is 19.6. The Morgan fingerprint density at radius 1 is 0.879 bits per heavy atom. The Bertz CT molecular complexity index is 1800. The molecular weight excluding hydrogens is 434 g/mol. The molecule has 162 valence electrons. The van der Waals surface area contributed by atoms with Crippen molar-refractivity contribution < 1.29 is 8.42 Å². The summed E-state index contributed by atoms with van der Waals surface area (Å²) in [6.45, 7) is 1.93. The van der Waals surface area contributed by atoms with Crippen LogP contribution in [-0.2, 0) is 17.1 Å². The van der Waals surface area contributed by atoms with E-state index in [4.69, 9.17) is 0 Å². The molecule has 0 bridgehead atoms. The van der Waals surface area contributed by atoms with Crippen LogP contribution in [0.1, 0.15) is 5.56 Å². The molecule has 2 aromatic carbocycles. The second-order valence-electron chi connectivity index (χ2n) is 8.09. The molecule has 0 atom stereocenters. The van der Waals surface area contributed by atoms with Crippen LogP contribution < -0.4 is 0 Å². The minimum atomic E-state index is -3.93. The molecule has 0 spiro atoms. The highest BCUT2D eigenvalue weighted by atomic mass is 32.2. The first-order valence-electron chi connectivity index (χ1n) is 10.4. The van der Waals surface area contributed by atoms with Crippen molar-refractivity contribution in [2.45, 2.75) is 11.8 Å². The summed E-state index contributed by atoms with van der Waals surface area (Å²) in [6.07, 6.45) is 5.14. The van der Waals surface area contributed by atoms with Gasteiger partial charge in [0.1, 0.15) is 0 Å². The third-order valence-electron chi connectivity index (χ3n) is 5.94. The Morgan fingerprint density at radius 2 is 1.70 bits per heavy atom. The van der Waals surface area contributed by atoms with Crippen LogP contribution in [0, 0.1) is 6.92 Å². The van der Waals surface area contributed by atoms with Crippen LogP contribution in [0.4, 0.5) is 0 Å². The van der Waals surface area contributed by atoms with Gasteiger partial charge >= 0.3 is 0 Å². The molecule has 0 fully saturated rings. The van der Waals surface area contributed by atoms with Gasteiger partial charge in [-0.05, 0) is 43.3 Å². The van der Waals surface area contributed by atoms with E-state index in [0.29, 0.717) is 11.3 Å². The van der Waals surface area contributed by atoms with E-state index in [9.17, 15) is 8.42 Å². The molecule has 0 aliphatic carbocycles. The third-order valence-corrected chi connectivity index (χ3v) is 7.66. The van der Waals surface area contributed by atoms with Crippen molar-refractivity contribution >= 4 is 42.9 Å². The number of fused-ring (bicyclic) bond motifs is 4. The Morgan fingerprint density at radius 3 is 2.52 bits per heavy atom. The first-order chi connectivity index (χ1) is 15.9. The molecule has 4 heterocycles. The average Bonchev–Trinajstić information content (AvgIpc) is 3.40. The Labute approximate surface area is 190 Å². The molecule has 6 aromatic rings. The van der Waals surface area contributed by atoms with E-state index in [1.54, 1.807) is 47.5 Å². The van der Waals surface area contributed by atoms with Gasteiger partial charge in [-0.3, -0.25) is 9.67 Å². The van der Waals surface area contributed by atoms with Gasteiger partial charge in [0.15, 0.2) is 5.65 Å². The molecule has 0 aliphatic heterocycles. The molecular formula is C25H19N5O2S. The van der Waals surface area contributed by atoms with E-state index >= 15 is 0 Å². The predicted octanol–water partition coefficient (Wildman–Crippen LogP) is 4.68. The molecule has 0 amide bonds. The highest BCUT2D eigenvalue weighted by Gasteiger charge is 2.26. The van der Waals surface area contributed by atoms with E-state index < -0.39 is 10.0 Å². The predicted molar refractivity (Wildman–Crippen MR) is 129 cm³/mol. The molecule has 4 aromatic heterocycles. The lowest BCUT2D eigenvalue weighted by molar-refractivity contribution is 0.589. The molecule has 0 aliphatic rings. The van der Waals surface area contributed by atoms with Gasteiger partial charge in [-0.1, -0.05) is 29.8 Å². The highest BCUT2D eigenvalue weighted by molar-refractivity contribution is 7.90. The summed E-state index contributed by atoms with van der Waals surface area (Å²) in [7, 11) is -2.08. The fourth-order valence-electron chi connectivity index (χ4n) is 4.28. The molecule has 8 heteroatoms. The first-order valence-corrected chi connectivity index (χ1v) is 11.9. The molecule has 6 rings (SSSR count). The van der Waals surface area contributed by atoms with E-state index in [2.05, 4.69) is 15.1 Å². The summed E-state index contributed by atoms with van der Waals surface area (Å²) in [4.78, 5) is 9.15. The van der Waals surface area contributed by atoms with Gasteiger partial charge in [-0.15, -0.1) is 0 Å². The number of hydrogen-bond donors (Lipinski definition) is 0. The molecule has 0 unspecified atom stereocenters. The lowest BCUT2D eigenvalue weighted by atomic mass is 10.1. The molecule has 0 saturated heterocycles. The lowest BCUT2D eigenvalue weighted by Gasteiger charge is -2.12. The average molecular weight is 454 g/mol. The Balaban J connectivity index is 1.73. The fourth-order valence-corrected chi connectivity index (χ4v) is 5.76. The topological polar surface area (TPSA) is 82.7 Å². The third kappa shape index (κ3) is 2.95. The maximum Gasteiger partial charge on any atom is 0.269 e. The Hall–Kier alpha value is -4.04. The fraction of sp³-hybridized carbons (Fsp3) is 0.0800. The van der Waals surface area contributed by atoms with Crippen molar-refractivity contribution in [2.75, 3.05) is 0 Å². The van der Waals surface area contributed by atoms with Gasteiger partial charge in [0.05, 0.1) is 27.8 Å². The lowest BCUT2D eigenvalue weighted by Crippen LogP contribution is -2.14. The smallest absolute Gasteiger partial charge is 0.267 e. The van der Waals surface area contributed by atoms with Gasteiger partial charge in [-0.25, -0.2) is 17.4 Å². The van der Waals surface area contributed by atoms with Crippen molar-refractivity contribution in [3.63, 3.8) is 0 Å². The van der Waals surface area contributed by atoms with E-state index in [-0.39, 0.29) is 4.90 Å². The number of nitrogens with zero attached hydrogens (tertiary/aromatic N) is 5. The summed E-state index contributed by atoms with van der Waals surface area (Å²) < 4.78 is 30.9. The van der Waals surface area contributed by atoms with Crippen LogP contribution in [0.3, 0.4) is 0 Å². The maximum absolute atomic E-state index is 13.9. The quantitative estimate of drug-likeness (QED) is 0.388. The molecule has 0 radical (unpaired) electrons. The van der Waals surface area contributed by atoms with Gasteiger partial charge in [-0.2, -0.15) is 5.10 Å². The molecule has 7 nitrogen and oxygen atoms in total. The Kier molecular flexibility index (Phi) is 4.15. The van der Waals surface area contributed by atoms with Gasteiger partial charge in [0, 0.05) is 41.2 Å². The van der Waals surface area contributed by atoms with Crippen LogP contribution >= 0.6 is 0 Å². The van der Waals surface area contributed by atoms with Crippen molar-refractivity contribution in [3.05, 3.63) is 84.8 Å². The van der Waals surface area contributed by atoms with Gasteiger partial charge in [0.2, 0.25) is 0 Å². The standard InChI is InChI=1S/C25H19N5O2S/c1-16-5-8-20(9-6-16)33(31,32)30-23(18-7-10-22-17(12-18)4-3-11-26-22)13-21-24-19(14-27-25(21)30)15-28-29(24)2/h3-15H,1-2H3. The number of rotatable bonds is 3. The highest BCUT2D eigenvalue weighted by Crippen LogP contribution is 2.35. The monoisotopic (exact) mass is 453 g/mol. The largest absolute Gasteiger partial charge is 0.269 e.